The van der Waals surface area contributed by atoms with Gasteiger partial charge >= 0.3 is 5.00 Å². The minimum absolute atomic E-state index is 0.0315. The first kappa shape index (κ1) is 24.7. The van der Waals surface area contributed by atoms with Crippen molar-refractivity contribution in [3.8, 4) is 11.5 Å². The van der Waals surface area contributed by atoms with Gasteiger partial charge in [0, 0.05) is 43.2 Å². The molecular weight excluding hydrogens is 470 g/mol. The zero-order valence-electron chi connectivity index (χ0n) is 19.9. The van der Waals surface area contributed by atoms with Crippen LogP contribution in [0.3, 0.4) is 0 Å². The molecule has 2 fully saturated rings. The molecule has 0 radical (unpaired) electrons. The summed E-state index contributed by atoms with van der Waals surface area (Å²) in [6, 6.07) is 7.62. The molecule has 0 N–H and O–H groups in total. The van der Waals surface area contributed by atoms with Crippen LogP contribution in [0, 0.1) is 15.5 Å². The molecule has 0 aliphatic carbocycles. The Hall–Kier alpha value is -3.40. The minimum Gasteiger partial charge on any atom is -0.493 e. The fourth-order valence-electron chi connectivity index (χ4n) is 4.87. The van der Waals surface area contributed by atoms with E-state index in [0.29, 0.717) is 32.8 Å². The van der Waals surface area contributed by atoms with Gasteiger partial charge in [-0.3, -0.25) is 19.7 Å². The molecular formula is C25H29N3O6S. The number of ether oxygens (including phenoxy) is 2. The predicted octanol–water partition coefficient (Wildman–Crippen LogP) is 4.23. The number of methoxy groups -OCH3 is 1. The molecule has 35 heavy (non-hydrogen) atoms. The first-order valence-electron chi connectivity index (χ1n) is 11.7. The Bertz CT molecular complexity index is 1140. The van der Waals surface area contributed by atoms with Gasteiger partial charge in [0.2, 0.25) is 11.7 Å². The number of carbonyl (C=O) groups excluding carboxylic acids is 2. The third-order valence-electron chi connectivity index (χ3n) is 6.81. The van der Waals surface area contributed by atoms with Crippen molar-refractivity contribution < 1.29 is 24.0 Å². The lowest BCUT2D eigenvalue weighted by Crippen LogP contribution is -2.44. The van der Waals surface area contributed by atoms with Gasteiger partial charge in [-0.15, -0.1) is 0 Å². The van der Waals surface area contributed by atoms with Gasteiger partial charge < -0.3 is 19.3 Å². The quantitative estimate of drug-likeness (QED) is 0.321. The van der Waals surface area contributed by atoms with E-state index >= 15 is 0 Å². The van der Waals surface area contributed by atoms with Crippen LogP contribution >= 0.6 is 11.3 Å². The molecule has 3 heterocycles. The summed E-state index contributed by atoms with van der Waals surface area (Å²) in [5.74, 6) is 0.508. The molecule has 2 saturated heterocycles. The average Bonchev–Trinajstić information content (AvgIpc) is 3.48. The number of nitrogens with zero attached hydrogens (tertiary/aromatic N) is 3. The van der Waals surface area contributed by atoms with Gasteiger partial charge in [0.25, 0.3) is 5.91 Å². The summed E-state index contributed by atoms with van der Waals surface area (Å²) in [7, 11) is 1.34. The lowest BCUT2D eigenvalue weighted by molar-refractivity contribution is -0.381. The summed E-state index contributed by atoms with van der Waals surface area (Å²) < 4.78 is 10.8. The van der Waals surface area contributed by atoms with Crippen LogP contribution in [-0.4, -0.2) is 66.4 Å². The van der Waals surface area contributed by atoms with Crippen molar-refractivity contribution in [3.63, 3.8) is 0 Å². The lowest BCUT2D eigenvalue weighted by Gasteiger charge is -2.38. The molecule has 0 saturated carbocycles. The molecule has 2 aliphatic rings. The Labute approximate surface area is 208 Å². The summed E-state index contributed by atoms with van der Waals surface area (Å²) in [4.78, 5) is 40.2. The number of piperidine rings is 1. The smallest absolute Gasteiger partial charge is 0.366 e. The van der Waals surface area contributed by atoms with Gasteiger partial charge in [0.1, 0.15) is 5.75 Å². The van der Waals surface area contributed by atoms with Crippen LogP contribution in [0.2, 0.25) is 0 Å². The van der Waals surface area contributed by atoms with Gasteiger partial charge in [0.05, 0.1) is 24.2 Å². The standard InChI is InChI=1S/C25H29N3O6S/c1-3-34-20-7-5-4-6-18(20)8-9-21(29)26-13-10-25(11-14-26)12-15-27(17-25)23(30)19-16-35-24(28(31)32)22(19)33-2/h4-9,16H,3,10-15,17H2,1-2H3/b9-8+. The topological polar surface area (TPSA) is 102 Å². The maximum atomic E-state index is 13.1. The van der Waals surface area contributed by atoms with E-state index in [2.05, 4.69) is 0 Å². The van der Waals surface area contributed by atoms with E-state index in [1.54, 1.807) is 17.1 Å². The highest BCUT2D eigenvalue weighted by Crippen LogP contribution is 2.43. The van der Waals surface area contributed by atoms with E-state index in [4.69, 9.17) is 9.47 Å². The van der Waals surface area contributed by atoms with E-state index in [9.17, 15) is 19.7 Å². The Morgan fingerprint density at radius 1 is 1.17 bits per heavy atom. The zero-order chi connectivity index (χ0) is 25.0. The van der Waals surface area contributed by atoms with Crippen molar-refractivity contribution in [2.45, 2.75) is 26.2 Å². The van der Waals surface area contributed by atoms with Crippen molar-refractivity contribution in [1.82, 2.24) is 9.80 Å². The van der Waals surface area contributed by atoms with Crippen molar-refractivity contribution in [3.05, 3.63) is 57.0 Å². The molecule has 0 bridgehead atoms. The molecule has 9 nitrogen and oxygen atoms in total. The Balaban J connectivity index is 1.35. The first-order valence-corrected chi connectivity index (χ1v) is 12.5. The van der Waals surface area contributed by atoms with Crippen LogP contribution in [0.1, 0.15) is 42.1 Å². The minimum atomic E-state index is -0.525. The SMILES string of the molecule is CCOc1ccccc1/C=C/C(=O)N1CCC2(CC1)CCN(C(=O)c1csc([N+](=O)[O-])c1OC)C2. The third-order valence-corrected chi connectivity index (χ3v) is 7.72. The highest BCUT2D eigenvalue weighted by atomic mass is 32.1. The highest BCUT2D eigenvalue weighted by molar-refractivity contribution is 7.14. The Kier molecular flexibility index (Phi) is 7.39. The number of likely N-dealkylation sites (tertiary alicyclic amines) is 2. The van der Waals surface area contributed by atoms with E-state index < -0.39 is 4.92 Å². The van der Waals surface area contributed by atoms with E-state index in [-0.39, 0.29) is 33.5 Å². The van der Waals surface area contributed by atoms with Crippen LogP contribution < -0.4 is 9.47 Å². The number of rotatable bonds is 7. The molecule has 1 aromatic heterocycles. The Morgan fingerprint density at radius 2 is 1.86 bits per heavy atom. The normalized spacial score (nSPS) is 17.2. The van der Waals surface area contributed by atoms with E-state index in [1.165, 1.54) is 12.5 Å². The zero-order valence-corrected chi connectivity index (χ0v) is 20.7. The monoisotopic (exact) mass is 499 g/mol. The van der Waals surface area contributed by atoms with Gasteiger partial charge in [-0.25, -0.2) is 0 Å². The molecule has 186 valence electrons. The fourth-order valence-corrected chi connectivity index (χ4v) is 5.69. The number of thiophene rings is 1. The summed E-state index contributed by atoms with van der Waals surface area (Å²) in [6.45, 7) is 4.92. The predicted molar refractivity (Wildman–Crippen MR) is 133 cm³/mol. The molecule has 4 rings (SSSR count). The third kappa shape index (κ3) is 5.17. The first-order chi connectivity index (χ1) is 16.9. The lowest BCUT2D eigenvalue weighted by atomic mass is 9.78. The molecule has 0 unspecified atom stereocenters. The molecule has 1 aromatic carbocycles. The molecule has 2 amide bonds. The number of hydrogen-bond donors (Lipinski definition) is 0. The maximum Gasteiger partial charge on any atom is 0.366 e. The molecule has 0 atom stereocenters. The number of amides is 2. The molecule has 10 heteroatoms. The second-order valence-electron chi connectivity index (χ2n) is 8.85. The highest BCUT2D eigenvalue weighted by Gasteiger charge is 2.43. The second kappa shape index (κ2) is 10.5. The number of carbonyl (C=O) groups is 2. The van der Waals surface area contributed by atoms with Gasteiger partial charge in [-0.1, -0.05) is 29.5 Å². The van der Waals surface area contributed by atoms with Gasteiger partial charge in [-0.05, 0) is 43.7 Å². The van der Waals surface area contributed by atoms with Crippen LogP contribution in [0.15, 0.2) is 35.7 Å². The van der Waals surface area contributed by atoms with Crippen LogP contribution in [0.5, 0.6) is 11.5 Å². The molecule has 2 aromatic rings. The second-order valence-corrected chi connectivity index (χ2v) is 9.71. The molecule has 1 spiro atoms. The van der Waals surface area contributed by atoms with Crippen LogP contribution in [0.4, 0.5) is 5.00 Å². The van der Waals surface area contributed by atoms with Crippen molar-refractivity contribution in [2.24, 2.45) is 5.41 Å². The molecule has 2 aliphatic heterocycles. The van der Waals surface area contributed by atoms with E-state index in [0.717, 1.165) is 41.9 Å². The van der Waals surface area contributed by atoms with Crippen molar-refractivity contribution in [1.29, 1.82) is 0 Å². The number of nitro groups is 1. The van der Waals surface area contributed by atoms with Crippen LogP contribution in [0.25, 0.3) is 6.08 Å². The Morgan fingerprint density at radius 3 is 2.51 bits per heavy atom. The fraction of sp³-hybridized carbons (Fsp3) is 0.440. The largest absolute Gasteiger partial charge is 0.493 e. The number of para-hydroxylation sites is 1. The summed E-state index contributed by atoms with van der Waals surface area (Å²) in [5, 5.41) is 12.5. The van der Waals surface area contributed by atoms with E-state index in [1.807, 2.05) is 36.1 Å². The summed E-state index contributed by atoms with van der Waals surface area (Å²) >= 11 is 0.903. The summed E-state index contributed by atoms with van der Waals surface area (Å²) in [6.07, 6.45) is 5.86. The van der Waals surface area contributed by atoms with Gasteiger partial charge in [0.15, 0.2) is 0 Å². The van der Waals surface area contributed by atoms with Crippen molar-refractivity contribution in [2.75, 3.05) is 39.9 Å². The van der Waals surface area contributed by atoms with Crippen molar-refractivity contribution >= 4 is 34.2 Å². The van der Waals surface area contributed by atoms with Crippen LogP contribution in [-0.2, 0) is 4.79 Å². The maximum absolute atomic E-state index is 13.1. The average molecular weight is 500 g/mol. The number of hydrogen-bond acceptors (Lipinski definition) is 7. The summed E-state index contributed by atoms with van der Waals surface area (Å²) in [5.41, 5.74) is 1.07. The number of benzene rings is 1. The van der Waals surface area contributed by atoms with Gasteiger partial charge in [-0.2, -0.15) is 0 Å².